The first-order valence-corrected chi connectivity index (χ1v) is 6.74. The van der Waals surface area contributed by atoms with E-state index in [-0.39, 0.29) is 22.8 Å². The minimum atomic E-state index is -3.41. The molecule has 1 unspecified atom stereocenters. The van der Waals surface area contributed by atoms with Crippen LogP contribution in [-0.4, -0.2) is 9.25 Å². The van der Waals surface area contributed by atoms with E-state index in [2.05, 4.69) is 16.6 Å². The van der Waals surface area contributed by atoms with E-state index in [1.807, 2.05) is 0 Å². The van der Waals surface area contributed by atoms with Crippen LogP contribution in [0.15, 0.2) is 35.7 Å². The lowest BCUT2D eigenvalue weighted by atomic mass is 10.2. The summed E-state index contributed by atoms with van der Waals surface area (Å²) in [7, 11) is -3.41. The Morgan fingerprint density at radius 3 is 2.56 bits per heavy atom. The third-order valence-corrected chi connectivity index (χ3v) is 4.09. The van der Waals surface area contributed by atoms with Crippen molar-refractivity contribution in [2.45, 2.75) is 12.2 Å². The highest BCUT2D eigenvalue weighted by Gasteiger charge is 2.25. The number of halogens is 2. The molecule has 0 bridgehead atoms. The number of hydrogen-bond donors (Lipinski definition) is 1. The molecule has 4 nitrogen and oxygen atoms in total. The van der Waals surface area contributed by atoms with Gasteiger partial charge >= 0.3 is 0 Å². The number of allylic oxidation sites excluding steroid dienone is 1. The lowest BCUT2D eigenvalue weighted by molar-refractivity contribution is 0.246. The molecule has 0 aliphatic carbocycles. The van der Waals surface area contributed by atoms with Gasteiger partial charge in [-0.2, -0.15) is 0 Å². The van der Waals surface area contributed by atoms with Gasteiger partial charge in [0.05, 0.1) is 21.9 Å². The normalized spacial score (nSPS) is 18.1. The van der Waals surface area contributed by atoms with Crippen LogP contribution < -0.4 is 0 Å². The van der Waals surface area contributed by atoms with Crippen molar-refractivity contribution in [3.63, 3.8) is 0 Å². The summed E-state index contributed by atoms with van der Waals surface area (Å²) < 4.78 is 46.6. The molecule has 18 heavy (non-hydrogen) atoms. The third kappa shape index (κ3) is 2.40. The second-order valence-electron chi connectivity index (χ2n) is 3.81. The van der Waals surface area contributed by atoms with Crippen molar-refractivity contribution in [3.05, 3.63) is 47.7 Å². The van der Waals surface area contributed by atoms with Crippen LogP contribution in [0.2, 0.25) is 0 Å². The maximum atomic E-state index is 13.4. The fraction of sp³-hybridized carbons (Fsp3) is 0.182. The lowest BCUT2D eigenvalue weighted by Gasteiger charge is -2.07. The highest BCUT2D eigenvalue weighted by Crippen LogP contribution is 2.22. The molecule has 0 saturated carbocycles. The van der Waals surface area contributed by atoms with Crippen LogP contribution in [0.25, 0.3) is 0 Å². The van der Waals surface area contributed by atoms with Crippen molar-refractivity contribution < 1.29 is 17.8 Å². The Bertz CT molecular complexity index is 618. The Morgan fingerprint density at radius 2 is 2.06 bits per heavy atom. The molecular formula is C11H10F2N2O2S. The zero-order valence-corrected chi connectivity index (χ0v) is 10.1. The standard InChI is InChI=1S/C11H10F2N2O2S/c1-7-5-11(15-17-7)18(14,16)6-8-9(12)3-2-4-10(8)13/h2-4,14H,1,5-6H2. The highest BCUT2D eigenvalue weighted by atomic mass is 32.2. The van der Waals surface area contributed by atoms with Gasteiger partial charge in [-0.3, -0.25) is 0 Å². The fourth-order valence-electron chi connectivity index (χ4n) is 1.48. The molecule has 1 aromatic carbocycles. The van der Waals surface area contributed by atoms with Crippen LogP contribution in [0, 0.1) is 16.4 Å². The minimum absolute atomic E-state index is 0.0462. The average molecular weight is 272 g/mol. The van der Waals surface area contributed by atoms with E-state index in [4.69, 9.17) is 4.78 Å². The maximum Gasteiger partial charge on any atom is 0.160 e. The number of hydrogen-bond acceptors (Lipinski definition) is 4. The number of rotatable bonds is 2. The molecule has 0 fully saturated rings. The second-order valence-corrected chi connectivity index (χ2v) is 5.92. The van der Waals surface area contributed by atoms with Crippen molar-refractivity contribution >= 4 is 14.8 Å². The molecule has 7 heteroatoms. The number of oxime groups is 1. The molecule has 1 aliphatic heterocycles. The number of benzene rings is 1. The van der Waals surface area contributed by atoms with Crippen LogP contribution in [0.3, 0.4) is 0 Å². The molecule has 0 spiro atoms. The van der Waals surface area contributed by atoms with E-state index in [0.29, 0.717) is 0 Å². The zero-order valence-electron chi connectivity index (χ0n) is 9.28. The minimum Gasteiger partial charge on any atom is -0.361 e. The van der Waals surface area contributed by atoms with Crippen LogP contribution in [0.4, 0.5) is 8.78 Å². The van der Waals surface area contributed by atoms with Crippen molar-refractivity contribution in [1.82, 2.24) is 0 Å². The van der Waals surface area contributed by atoms with Crippen LogP contribution >= 0.6 is 0 Å². The molecule has 1 N–H and O–H groups in total. The predicted molar refractivity (Wildman–Crippen MR) is 63.2 cm³/mol. The Balaban J connectivity index is 2.32. The third-order valence-electron chi connectivity index (χ3n) is 2.41. The van der Waals surface area contributed by atoms with Gasteiger partial charge in [0.25, 0.3) is 0 Å². The lowest BCUT2D eigenvalue weighted by Crippen LogP contribution is -2.15. The molecule has 1 aromatic rings. The molecule has 96 valence electrons. The van der Waals surface area contributed by atoms with Crippen molar-refractivity contribution in [1.29, 1.82) is 4.78 Å². The first kappa shape index (κ1) is 12.7. The van der Waals surface area contributed by atoms with E-state index >= 15 is 0 Å². The first-order valence-electron chi connectivity index (χ1n) is 5.01. The average Bonchev–Trinajstić information content (AvgIpc) is 2.71. The SMILES string of the molecule is C=C1CC(S(=N)(=O)Cc2c(F)cccc2F)=NO1. The second kappa shape index (κ2) is 4.49. The Kier molecular flexibility index (Phi) is 3.16. The van der Waals surface area contributed by atoms with Crippen LogP contribution in [0.1, 0.15) is 12.0 Å². The van der Waals surface area contributed by atoms with E-state index in [0.717, 1.165) is 12.1 Å². The van der Waals surface area contributed by atoms with Gasteiger partial charge in [-0.05, 0) is 12.1 Å². The van der Waals surface area contributed by atoms with E-state index in [1.165, 1.54) is 6.07 Å². The van der Waals surface area contributed by atoms with Gasteiger partial charge in [0, 0.05) is 5.56 Å². The van der Waals surface area contributed by atoms with Crippen molar-refractivity contribution in [2.24, 2.45) is 5.16 Å². The smallest absolute Gasteiger partial charge is 0.160 e. The topological polar surface area (TPSA) is 62.5 Å². The summed E-state index contributed by atoms with van der Waals surface area (Å²) >= 11 is 0. The van der Waals surface area contributed by atoms with Gasteiger partial charge in [0.1, 0.15) is 17.4 Å². The predicted octanol–water partition coefficient (Wildman–Crippen LogP) is 2.76. The van der Waals surface area contributed by atoms with Crippen LogP contribution in [-0.2, 0) is 20.3 Å². The maximum absolute atomic E-state index is 13.4. The Labute approximate surface area is 103 Å². The summed E-state index contributed by atoms with van der Waals surface area (Å²) in [5.74, 6) is -1.96. The zero-order chi connectivity index (χ0) is 13.3. The van der Waals surface area contributed by atoms with Crippen LogP contribution in [0.5, 0.6) is 0 Å². The molecular weight excluding hydrogens is 262 g/mol. The summed E-state index contributed by atoms with van der Waals surface area (Å²) in [6.07, 6.45) is 0.0540. The molecule has 0 radical (unpaired) electrons. The quantitative estimate of drug-likeness (QED) is 0.899. The molecule has 2 rings (SSSR count). The molecule has 1 aliphatic rings. The van der Waals surface area contributed by atoms with E-state index in [9.17, 15) is 13.0 Å². The Hall–Kier alpha value is -1.76. The molecule has 0 saturated heterocycles. The van der Waals surface area contributed by atoms with E-state index in [1.54, 1.807) is 0 Å². The highest BCUT2D eigenvalue weighted by molar-refractivity contribution is 8.06. The summed E-state index contributed by atoms with van der Waals surface area (Å²) in [4.78, 5) is 4.66. The summed E-state index contributed by atoms with van der Waals surface area (Å²) in [6, 6.07) is 3.32. The largest absolute Gasteiger partial charge is 0.361 e. The van der Waals surface area contributed by atoms with E-state index < -0.39 is 27.1 Å². The number of nitrogens with zero attached hydrogens (tertiary/aromatic N) is 1. The summed E-state index contributed by atoms with van der Waals surface area (Å²) in [6.45, 7) is 3.47. The summed E-state index contributed by atoms with van der Waals surface area (Å²) in [5, 5.41) is 3.41. The number of nitrogens with one attached hydrogen (secondary N) is 1. The molecule has 1 heterocycles. The fourth-order valence-corrected chi connectivity index (χ4v) is 2.88. The molecule has 0 amide bonds. The van der Waals surface area contributed by atoms with Gasteiger partial charge < -0.3 is 4.84 Å². The monoisotopic (exact) mass is 272 g/mol. The van der Waals surface area contributed by atoms with Crippen molar-refractivity contribution in [3.8, 4) is 0 Å². The van der Waals surface area contributed by atoms with Gasteiger partial charge in [0.2, 0.25) is 0 Å². The summed E-state index contributed by atoms with van der Waals surface area (Å²) in [5.41, 5.74) is -0.377. The van der Waals surface area contributed by atoms with Gasteiger partial charge in [0.15, 0.2) is 5.04 Å². The molecule has 1 atom stereocenters. The molecule has 0 aromatic heterocycles. The Morgan fingerprint density at radius 1 is 1.44 bits per heavy atom. The van der Waals surface area contributed by atoms with Gasteiger partial charge in [-0.15, -0.1) is 0 Å². The van der Waals surface area contributed by atoms with Gasteiger partial charge in [-0.25, -0.2) is 17.8 Å². The first-order chi connectivity index (χ1) is 8.40. The van der Waals surface area contributed by atoms with Crippen molar-refractivity contribution in [2.75, 3.05) is 0 Å². The van der Waals surface area contributed by atoms with Gasteiger partial charge in [-0.1, -0.05) is 17.8 Å².